The number of phenolic OH excluding ortho intramolecular Hbond substituents is 1. The average molecular weight is 701 g/mol. The molecular weight excluding hydrogens is 667 g/mol. The normalized spacial score (nSPS) is 28.0. The molecule has 4 aromatic rings. The van der Waals surface area contributed by atoms with Gasteiger partial charge in [0, 0.05) is 35.3 Å². The second-order valence-electron chi connectivity index (χ2n) is 13.9. The number of carbonyl (C=O) groups is 4. The van der Waals surface area contributed by atoms with Crippen LogP contribution in [0, 0.1) is 41.8 Å². The van der Waals surface area contributed by atoms with Crippen LogP contribution in [-0.2, 0) is 26.2 Å². The third-order valence-electron chi connectivity index (χ3n) is 11.3. The lowest BCUT2D eigenvalue weighted by atomic mass is 9.51. The first kappa shape index (κ1) is 31.9. The van der Waals surface area contributed by atoms with Crippen LogP contribution in [0.4, 0.5) is 10.2 Å². The van der Waals surface area contributed by atoms with E-state index in [2.05, 4.69) is 0 Å². The highest BCUT2D eigenvalue weighted by Crippen LogP contribution is 2.63. The number of carbonyl (C=O) groups excluding carboxylic acids is 4. The Morgan fingerprint density at radius 1 is 1.06 bits per heavy atom. The zero-order valence-corrected chi connectivity index (χ0v) is 28.9. The van der Waals surface area contributed by atoms with Crippen molar-refractivity contribution in [1.29, 1.82) is 0 Å². The van der Waals surface area contributed by atoms with Crippen molar-refractivity contribution in [3.63, 3.8) is 0 Å². The van der Waals surface area contributed by atoms with Gasteiger partial charge in [0.25, 0.3) is 0 Å². The third kappa shape index (κ3) is 4.37. The lowest BCUT2D eigenvalue weighted by Gasteiger charge is -2.49. The van der Waals surface area contributed by atoms with Gasteiger partial charge in [-0.2, -0.15) is 5.10 Å². The fraction of sp³-hybridized carbons (Fsp3) is 0.378. The Kier molecular flexibility index (Phi) is 7.21. The van der Waals surface area contributed by atoms with Crippen LogP contribution in [0.3, 0.4) is 0 Å². The number of aryl methyl sites for hydroxylation is 2. The number of imide groups is 2. The van der Waals surface area contributed by atoms with Crippen LogP contribution in [0.1, 0.15) is 50.2 Å². The van der Waals surface area contributed by atoms with Gasteiger partial charge in [-0.25, -0.2) is 9.29 Å². The fourth-order valence-corrected chi connectivity index (χ4v) is 10.4. The molecule has 4 heterocycles. The van der Waals surface area contributed by atoms with Crippen molar-refractivity contribution in [2.45, 2.75) is 46.0 Å². The van der Waals surface area contributed by atoms with E-state index in [0.29, 0.717) is 41.5 Å². The minimum atomic E-state index is -1.35. The first-order valence-electron chi connectivity index (χ1n) is 16.5. The maximum atomic E-state index is 15.0. The second kappa shape index (κ2) is 11.1. The second-order valence-corrected chi connectivity index (χ2v) is 15.4. The maximum absolute atomic E-state index is 15.0. The Morgan fingerprint density at radius 3 is 2.57 bits per heavy atom. The molecule has 49 heavy (non-hydrogen) atoms. The van der Waals surface area contributed by atoms with Crippen molar-refractivity contribution in [2.75, 3.05) is 11.4 Å². The zero-order valence-electron chi connectivity index (χ0n) is 27.4. The molecule has 4 aliphatic rings. The summed E-state index contributed by atoms with van der Waals surface area (Å²) in [5.74, 6) is -5.75. The van der Waals surface area contributed by atoms with Crippen LogP contribution in [-0.4, -0.2) is 50.0 Å². The minimum absolute atomic E-state index is 0.196. The van der Waals surface area contributed by atoms with E-state index in [0.717, 1.165) is 26.1 Å². The summed E-state index contributed by atoms with van der Waals surface area (Å²) in [7, 11) is 1.69. The number of benzene rings is 2. The molecule has 0 spiro atoms. The summed E-state index contributed by atoms with van der Waals surface area (Å²) >= 11 is 7.83. The zero-order chi connectivity index (χ0) is 34.7. The van der Waals surface area contributed by atoms with Crippen LogP contribution < -0.4 is 4.90 Å². The number of amides is 4. The number of rotatable bonds is 5. The largest absolute Gasteiger partial charge is 0.505 e. The van der Waals surface area contributed by atoms with Gasteiger partial charge in [-0.1, -0.05) is 36.2 Å². The number of anilines is 1. The van der Waals surface area contributed by atoms with Gasteiger partial charge in [-0.15, -0.1) is 11.3 Å². The highest BCUT2D eigenvalue weighted by Gasteiger charge is 2.68. The van der Waals surface area contributed by atoms with Crippen LogP contribution in [0.2, 0.25) is 5.02 Å². The number of nitrogens with zero attached hydrogens (tertiary/aromatic N) is 4. The molecular formula is C37H34ClFN4O5S. The van der Waals surface area contributed by atoms with E-state index >= 15 is 0 Å². The van der Waals surface area contributed by atoms with E-state index in [1.807, 2.05) is 38.1 Å². The van der Waals surface area contributed by atoms with Crippen LogP contribution >= 0.6 is 22.9 Å². The molecule has 6 atom stereocenters. The van der Waals surface area contributed by atoms with E-state index in [9.17, 15) is 28.7 Å². The highest BCUT2D eigenvalue weighted by atomic mass is 35.5. The lowest BCUT2D eigenvalue weighted by molar-refractivity contribution is -0.140. The molecule has 2 aromatic heterocycles. The van der Waals surface area contributed by atoms with Crippen molar-refractivity contribution >= 4 is 62.5 Å². The SMILES string of the molecule is CCCN1C(=O)C2CC=C3C(CC4C(=O)N(c5cc(-c6sc7ccc(Cl)cc7c6C)nn5C)C(=O)C4(C)C3c3ccc(O)c(F)c3)C2C1=O. The Hall–Kier alpha value is -4.35. The highest BCUT2D eigenvalue weighted by molar-refractivity contribution is 7.22. The number of thiophene rings is 1. The topological polar surface area (TPSA) is 113 Å². The molecule has 6 unspecified atom stereocenters. The predicted octanol–water partition coefficient (Wildman–Crippen LogP) is 6.75. The number of likely N-dealkylation sites (tertiary alicyclic amines) is 1. The smallest absolute Gasteiger partial charge is 0.242 e. The third-order valence-corrected chi connectivity index (χ3v) is 12.9. The van der Waals surface area contributed by atoms with Crippen molar-refractivity contribution in [2.24, 2.45) is 36.1 Å². The fourth-order valence-electron chi connectivity index (χ4n) is 9.04. The molecule has 2 saturated heterocycles. The summed E-state index contributed by atoms with van der Waals surface area (Å²) in [5.41, 5.74) is 1.43. The van der Waals surface area contributed by atoms with E-state index in [-0.39, 0.29) is 18.2 Å². The maximum Gasteiger partial charge on any atom is 0.242 e. The number of aromatic hydroxyl groups is 1. The van der Waals surface area contributed by atoms with Crippen molar-refractivity contribution < 1.29 is 28.7 Å². The van der Waals surface area contributed by atoms with Crippen LogP contribution in [0.5, 0.6) is 5.75 Å². The van der Waals surface area contributed by atoms with Gasteiger partial charge in [0.1, 0.15) is 11.5 Å². The predicted molar refractivity (Wildman–Crippen MR) is 183 cm³/mol. The Balaban J connectivity index is 1.25. The van der Waals surface area contributed by atoms with Gasteiger partial charge in [-0.05, 0) is 85.9 Å². The molecule has 9 nitrogen and oxygen atoms in total. The average Bonchev–Trinajstić information content (AvgIpc) is 3.73. The van der Waals surface area contributed by atoms with Crippen LogP contribution in [0.15, 0.2) is 54.1 Å². The summed E-state index contributed by atoms with van der Waals surface area (Å²) in [6.45, 7) is 5.97. The molecule has 252 valence electrons. The summed E-state index contributed by atoms with van der Waals surface area (Å²) < 4.78 is 17.6. The van der Waals surface area contributed by atoms with Gasteiger partial charge in [-0.3, -0.25) is 28.8 Å². The summed E-state index contributed by atoms with van der Waals surface area (Å²) in [6.07, 6.45) is 3.07. The van der Waals surface area contributed by atoms with E-state index in [1.54, 1.807) is 37.4 Å². The molecule has 1 saturated carbocycles. The lowest BCUT2D eigenvalue weighted by Crippen LogP contribution is -2.49. The minimum Gasteiger partial charge on any atom is -0.505 e. The molecule has 0 bridgehead atoms. The molecule has 2 aromatic carbocycles. The summed E-state index contributed by atoms with van der Waals surface area (Å²) in [5, 5.41) is 16.4. The quantitative estimate of drug-likeness (QED) is 0.182. The number of allylic oxidation sites excluding steroid dienone is 2. The van der Waals surface area contributed by atoms with Gasteiger partial charge in [0.15, 0.2) is 11.6 Å². The van der Waals surface area contributed by atoms with Crippen molar-refractivity contribution in [3.8, 4) is 16.3 Å². The summed E-state index contributed by atoms with van der Waals surface area (Å²) in [6, 6.07) is 11.5. The standard InChI is InChI=1S/C37H34ClFN4O5S/c1-5-12-42-33(45)21-9-8-20-23(30(21)35(42)47)15-24-34(46)43(36(48)37(24,3)31(20)18-6-10-27(44)25(39)13-18)29-16-26(40-41(29)4)32-17(2)22-14-19(38)7-11-28(22)49-32/h6-8,10-11,13-14,16,21,23-24,30-31,44H,5,9,12,15H2,1-4H3. The molecule has 8 rings (SSSR count). The first-order valence-corrected chi connectivity index (χ1v) is 17.7. The van der Waals surface area contributed by atoms with Crippen molar-refractivity contribution in [1.82, 2.24) is 14.7 Å². The van der Waals surface area contributed by atoms with Gasteiger partial charge < -0.3 is 5.11 Å². The van der Waals surface area contributed by atoms with E-state index in [4.69, 9.17) is 16.7 Å². The van der Waals surface area contributed by atoms with Gasteiger partial charge in [0.05, 0.1) is 28.0 Å². The molecule has 0 radical (unpaired) electrons. The molecule has 2 aliphatic carbocycles. The molecule has 4 amide bonds. The van der Waals surface area contributed by atoms with Crippen molar-refractivity contribution in [3.05, 3.63) is 76.1 Å². The summed E-state index contributed by atoms with van der Waals surface area (Å²) in [4.78, 5) is 60.2. The van der Waals surface area contributed by atoms with Crippen LogP contribution in [0.25, 0.3) is 20.7 Å². The number of aromatic nitrogens is 2. The Bertz CT molecular complexity index is 2170. The van der Waals surface area contributed by atoms with E-state index in [1.165, 1.54) is 26.6 Å². The Labute approximate surface area is 290 Å². The van der Waals surface area contributed by atoms with E-state index < -0.39 is 58.4 Å². The molecule has 1 N–H and O–H groups in total. The number of fused-ring (bicyclic) bond motifs is 5. The van der Waals surface area contributed by atoms with Gasteiger partial charge in [0.2, 0.25) is 23.6 Å². The van der Waals surface area contributed by atoms with Gasteiger partial charge >= 0.3 is 0 Å². The number of hydrogen-bond donors (Lipinski definition) is 1. The number of phenols is 1. The molecule has 12 heteroatoms. The molecule has 2 aliphatic heterocycles. The molecule has 3 fully saturated rings. The number of halogens is 2. The number of hydrogen-bond acceptors (Lipinski definition) is 7. The Morgan fingerprint density at radius 2 is 1.84 bits per heavy atom. The first-order chi connectivity index (χ1) is 23.4. The monoisotopic (exact) mass is 700 g/mol.